The summed E-state index contributed by atoms with van der Waals surface area (Å²) < 4.78 is 30.7. The third-order valence-corrected chi connectivity index (χ3v) is 5.16. The van der Waals surface area contributed by atoms with E-state index in [2.05, 4.69) is 5.32 Å². The Hall–Kier alpha value is -2.38. The van der Waals surface area contributed by atoms with Crippen LogP contribution in [0.15, 0.2) is 59.5 Å². The summed E-state index contributed by atoms with van der Waals surface area (Å²) >= 11 is 0. The normalized spacial score (nSPS) is 12.7. The van der Waals surface area contributed by atoms with Gasteiger partial charge < -0.3 is 10.1 Å². The fourth-order valence-electron chi connectivity index (χ4n) is 1.92. The Morgan fingerprint density at radius 1 is 1.04 bits per heavy atom. The van der Waals surface area contributed by atoms with Crippen molar-refractivity contribution < 1.29 is 17.9 Å². The molecule has 128 valence electrons. The average Bonchev–Trinajstić information content (AvgIpc) is 2.56. The highest BCUT2D eigenvalue weighted by Gasteiger charge is 2.18. The molecule has 0 spiro atoms. The monoisotopic (exact) mass is 348 g/mol. The number of carbonyl (C=O) groups excluding carboxylic acids is 1. The molecule has 0 radical (unpaired) electrons. The quantitative estimate of drug-likeness (QED) is 0.869. The molecule has 0 unspecified atom stereocenters. The van der Waals surface area contributed by atoms with Gasteiger partial charge in [-0.1, -0.05) is 18.2 Å². The summed E-state index contributed by atoms with van der Waals surface area (Å²) in [5.74, 6) is 0.287. The maximum absolute atomic E-state index is 12.1. The fourth-order valence-corrected chi connectivity index (χ4v) is 2.82. The first-order chi connectivity index (χ1) is 11.3. The first-order valence-electron chi connectivity index (χ1n) is 7.36. The molecular weight excluding hydrogens is 328 g/mol. The third kappa shape index (κ3) is 4.33. The predicted octanol–water partition coefficient (Wildman–Crippen LogP) is 2.34. The van der Waals surface area contributed by atoms with E-state index in [0.29, 0.717) is 11.4 Å². The second-order valence-electron chi connectivity index (χ2n) is 5.37. The summed E-state index contributed by atoms with van der Waals surface area (Å²) in [5, 5.41) is 2.70. The molecule has 0 aliphatic carbocycles. The number of rotatable bonds is 6. The van der Waals surface area contributed by atoms with E-state index in [4.69, 9.17) is 4.74 Å². The SMILES string of the molecule is C[C@@H](Oc1ccccc1)C(=O)Nc1ccc(S(=O)(=O)N(C)C)cc1. The van der Waals surface area contributed by atoms with Crippen molar-refractivity contribution in [1.29, 1.82) is 0 Å². The standard InChI is InChI=1S/C17H20N2O4S/c1-13(23-15-7-5-4-6-8-15)17(20)18-14-9-11-16(12-10-14)24(21,22)19(2)3/h4-13H,1-3H3,(H,18,20)/t13-/m1/s1. The van der Waals surface area contributed by atoms with Crippen LogP contribution in [0.1, 0.15) is 6.92 Å². The maximum Gasteiger partial charge on any atom is 0.265 e. The molecular formula is C17H20N2O4S. The predicted molar refractivity (Wildman–Crippen MR) is 92.5 cm³/mol. The zero-order valence-corrected chi connectivity index (χ0v) is 14.6. The first kappa shape index (κ1) is 18.0. The van der Waals surface area contributed by atoms with Crippen molar-refractivity contribution in [3.63, 3.8) is 0 Å². The highest BCUT2D eigenvalue weighted by atomic mass is 32.2. The number of anilines is 1. The summed E-state index contributed by atoms with van der Waals surface area (Å²) in [4.78, 5) is 12.3. The lowest BCUT2D eigenvalue weighted by atomic mass is 10.3. The van der Waals surface area contributed by atoms with Gasteiger partial charge in [0, 0.05) is 19.8 Å². The highest BCUT2D eigenvalue weighted by Crippen LogP contribution is 2.17. The van der Waals surface area contributed by atoms with Gasteiger partial charge in [-0.05, 0) is 43.3 Å². The molecule has 2 aromatic rings. The molecule has 2 rings (SSSR count). The minimum absolute atomic E-state index is 0.166. The summed E-state index contributed by atoms with van der Waals surface area (Å²) in [7, 11) is -0.551. The molecule has 6 nitrogen and oxygen atoms in total. The highest BCUT2D eigenvalue weighted by molar-refractivity contribution is 7.89. The minimum Gasteiger partial charge on any atom is -0.481 e. The van der Waals surface area contributed by atoms with Gasteiger partial charge in [-0.15, -0.1) is 0 Å². The number of para-hydroxylation sites is 1. The first-order valence-corrected chi connectivity index (χ1v) is 8.80. The summed E-state index contributed by atoms with van der Waals surface area (Å²) in [6.07, 6.45) is -0.683. The number of nitrogens with one attached hydrogen (secondary N) is 1. The van der Waals surface area contributed by atoms with Crippen LogP contribution >= 0.6 is 0 Å². The van der Waals surface area contributed by atoms with Crippen LogP contribution in [-0.2, 0) is 14.8 Å². The van der Waals surface area contributed by atoms with Gasteiger partial charge in [0.1, 0.15) is 5.75 Å². The largest absolute Gasteiger partial charge is 0.481 e. The number of benzene rings is 2. The molecule has 0 saturated heterocycles. The van der Waals surface area contributed by atoms with E-state index in [0.717, 1.165) is 4.31 Å². The van der Waals surface area contributed by atoms with Crippen LogP contribution in [0.3, 0.4) is 0 Å². The van der Waals surface area contributed by atoms with Crippen molar-refractivity contribution >= 4 is 21.6 Å². The number of carbonyl (C=O) groups is 1. The zero-order chi connectivity index (χ0) is 17.7. The van der Waals surface area contributed by atoms with Crippen LogP contribution in [0.5, 0.6) is 5.75 Å². The Balaban J connectivity index is 2.02. The van der Waals surface area contributed by atoms with E-state index in [1.807, 2.05) is 18.2 Å². The second kappa shape index (κ2) is 7.46. The molecule has 0 aromatic heterocycles. The van der Waals surface area contributed by atoms with E-state index in [1.54, 1.807) is 31.2 Å². The summed E-state index contributed by atoms with van der Waals surface area (Å²) in [5.41, 5.74) is 0.501. The maximum atomic E-state index is 12.1. The fraction of sp³-hybridized carbons (Fsp3) is 0.235. The number of hydrogen-bond donors (Lipinski definition) is 1. The van der Waals surface area contributed by atoms with Gasteiger partial charge in [-0.3, -0.25) is 4.79 Å². The number of ether oxygens (including phenoxy) is 1. The lowest BCUT2D eigenvalue weighted by Gasteiger charge is -2.15. The number of nitrogens with zero attached hydrogens (tertiary/aromatic N) is 1. The molecule has 0 aliphatic rings. The van der Waals surface area contributed by atoms with Gasteiger partial charge in [-0.25, -0.2) is 12.7 Å². The Morgan fingerprint density at radius 2 is 1.62 bits per heavy atom. The molecule has 1 atom stereocenters. The lowest BCUT2D eigenvalue weighted by molar-refractivity contribution is -0.122. The van der Waals surface area contributed by atoms with Crippen molar-refractivity contribution in [2.45, 2.75) is 17.9 Å². The topological polar surface area (TPSA) is 75.7 Å². The third-order valence-electron chi connectivity index (χ3n) is 3.33. The van der Waals surface area contributed by atoms with Gasteiger partial charge in [0.05, 0.1) is 4.90 Å². The molecule has 7 heteroatoms. The molecule has 2 aromatic carbocycles. The smallest absolute Gasteiger partial charge is 0.265 e. The van der Waals surface area contributed by atoms with Crippen molar-refractivity contribution in [1.82, 2.24) is 4.31 Å². The Labute approximate surface area is 142 Å². The number of amides is 1. The molecule has 1 N–H and O–H groups in total. The number of hydrogen-bond acceptors (Lipinski definition) is 4. The zero-order valence-electron chi connectivity index (χ0n) is 13.8. The Bertz CT molecular complexity index is 787. The van der Waals surface area contributed by atoms with E-state index >= 15 is 0 Å². The lowest BCUT2D eigenvalue weighted by Crippen LogP contribution is -2.30. The van der Waals surface area contributed by atoms with E-state index in [-0.39, 0.29) is 10.8 Å². The van der Waals surface area contributed by atoms with Crippen LogP contribution in [0.25, 0.3) is 0 Å². The van der Waals surface area contributed by atoms with Crippen LogP contribution in [0.2, 0.25) is 0 Å². The Kier molecular flexibility index (Phi) is 5.58. The van der Waals surface area contributed by atoms with Crippen molar-refractivity contribution in [3.05, 3.63) is 54.6 Å². The van der Waals surface area contributed by atoms with Gasteiger partial charge in [-0.2, -0.15) is 0 Å². The minimum atomic E-state index is -3.48. The van der Waals surface area contributed by atoms with E-state index < -0.39 is 16.1 Å². The van der Waals surface area contributed by atoms with Crippen LogP contribution < -0.4 is 10.1 Å². The van der Waals surface area contributed by atoms with Gasteiger partial charge in [0.2, 0.25) is 10.0 Å². The average molecular weight is 348 g/mol. The van der Waals surface area contributed by atoms with Crippen molar-refractivity contribution in [3.8, 4) is 5.75 Å². The molecule has 1 amide bonds. The van der Waals surface area contributed by atoms with Gasteiger partial charge in [0.25, 0.3) is 5.91 Å². The molecule has 0 fully saturated rings. The van der Waals surface area contributed by atoms with Gasteiger partial charge >= 0.3 is 0 Å². The molecule has 24 heavy (non-hydrogen) atoms. The summed E-state index contributed by atoms with van der Waals surface area (Å²) in [6.45, 7) is 1.65. The molecule has 0 heterocycles. The van der Waals surface area contributed by atoms with E-state index in [1.165, 1.54) is 26.2 Å². The van der Waals surface area contributed by atoms with Crippen LogP contribution in [0, 0.1) is 0 Å². The van der Waals surface area contributed by atoms with Crippen LogP contribution in [-0.4, -0.2) is 38.8 Å². The van der Waals surface area contributed by atoms with E-state index in [9.17, 15) is 13.2 Å². The van der Waals surface area contributed by atoms with Crippen LogP contribution in [0.4, 0.5) is 5.69 Å². The van der Waals surface area contributed by atoms with Crippen molar-refractivity contribution in [2.24, 2.45) is 0 Å². The van der Waals surface area contributed by atoms with Gasteiger partial charge in [0.15, 0.2) is 6.10 Å². The molecule has 0 bridgehead atoms. The Morgan fingerprint density at radius 3 is 2.17 bits per heavy atom. The van der Waals surface area contributed by atoms with Crippen molar-refractivity contribution in [2.75, 3.05) is 19.4 Å². The number of sulfonamides is 1. The second-order valence-corrected chi connectivity index (χ2v) is 7.53. The molecule has 0 saturated carbocycles. The summed E-state index contributed by atoms with van der Waals surface area (Å²) in [6, 6.07) is 15.0. The molecule has 0 aliphatic heterocycles.